The van der Waals surface area contributed by atoms with Crippen molar-refractivity contribution >= 4 is 28.4 Å². The van der Waals surface area contributed by atoms with Crippen LogP contribution in [0.5, 0.6) is 23.0 Å². The van der Waals surface area contributed by atoms with Crippen LogP contribution in [-0.4, -0.2) is 10.2 Å². The first-order chi connectivity index (χ1) is 16.9. The predicted molar refractivity (Wildman–Crippen MR) is 133 cm³/mol. The minimum Gasteiger partial charge on any atom is -0.455 e. The van der Waals surface area contributed by atoms with Gasteiger partial charge in [-0.1, -0.05) is 54.6 Å². The number of para-hydroxylation sites is 7. The quantitative estimate of drug-likeness (QED) is 0.296. The molecule has 6 rings (SSSR count). The molecule has 34 heavy (non-hydrogen) atoms. The summed E-state index contributed by atoms with van der Waals surface area (Å²) in [5.74, 6) is 3.02. The van der Waals surface area contributed by atoms with E-state index < -0.39 is 0 Å². The second kappa shape index (κ2) is 8.60. The number of aromatic nitrogens is 2. The predicted octanol–water partition coefficient (Wildman–Crippen LogP) is 7.59. The summed E-state index contributed by atoms with van der Waals surface area (Å²) in [6.45, 7) is 0. The van der Waals surface area contributed by atoms with Crippen molar-refractivity contribution in [1.29, 1.82) is 0 Å². The number of anilines is 5. The van der Waals surface area contributed by atoms with Crippen LogP contribution < -0.4 is 19.7 Å². The molecular weight excluding hydrogens is 424 g/mol. The van der Waals surface area contributed by atoms with Crippen molar-refractivity contribution in [3.8, 4) is 23.0 Å². The Morgan fingerprint density at radius 2 is 1.21 bits per heavy atom. The van der Waals surface area contributed by atoms with Crippen LogP contribution in [0.4, 0.5) is 28.4 Å². The number of benzene rings is 4. The molecular formula is C28H20N4O2. The Kier molecular flexibility index (Phi) is 5.01. The Balaban J connectivity index is 1.43. The monoisotopic (exact) mass is 444 g/mol. The van der Waals surface area contributed by atoms with Gasteiger partial charge in [-0.15, -0.1) is 0 Å². The third-order valence-electron chi connectivity index (χ3n) is 5.51. The van der Waals surface area contributed by atoms with Crippen molar-refractivity contribution in [2.75, 3.05) is 10.2 Å². The van der Waals surface area contributed by atoms with Gasteiger partial charge in [0.05, 0.1) is 40.8 Å². The van der Waals surface area contributed by atoms with Crippen LogP contribution in [-0.2, 0) is 0 Å². The zero-order valence-corrected chi connectivity index (χ0v) is 18.1. The van der Waals surface area contributed by atoms with E-state index in [1.165, 1.54) is 0 Å². The first-order valence-electron chi connectivity index (χ1n) is 10.9. The molecule has 4 aromatic carbocycles. The van der Waals surface area contributed by atoms with Crippen molar-refractivity contribution in [3.05, 3.63) is 116 Å². The van der Waals surface area contributed by atoms with Gasteiger partial charge in [0.25, 0.3) is 0 Å². The Morgan fingerprint density at radius 1 is 0.588 bits per heavy atom. The van der Waals surface area contributed by atoms with E-state index in [-0.39, 0.29) is 0 Å². The summed E-state index contributed by atoms with van der Waals surface area (Å²) in [6.07, 6.45) is 3.47. The molecule has 6 heteroatoms. The van der Waals surface area contributed by atoms with Gasteiger partial charge in [0.1, 0.15) is 5.75 Å². The van der Waals surface area contributed by atoms with Crippen LogP contribution in [0.15, 0.2) is 116 Å². The molecule has 0 saturated carbocycles. The maximum Gasteiger partial charge on any atom is 0.151 e. The molecule has 0 unspecified atom stereocenters. The van der Waals surface area contributed by atoms with Gasteiger partial charge < -0.3 is 14.8 Å². The number of nitrogens with one attached hydrogen (secondary N) is 1. The Hall–Kier alpha value is -4.84. The SMILES string of the molecule is c1ccc(Oc2ccccc2Nc2cnncc2N2c3ccccc3Oc3ccccc32)cc1. The van der Waals surface area contributed by atoms with Gasteiger partial charge in [-0.2, -0.15) is 10.2 Å². The molecule has 0 atom stereocenters. The zero-order valence-electron chi connectivity index (χ0n) is 18.1. The number of nitrogens with zero attached hydrogens (tertiary/aromatic N) is 3. The third-order valence-corrected chi connectivity index (χ3v) is 5.51. The first-order valence-corrected chi connectivity index (χ1v) is 10.9. The Bertz CT molecular complexity index is 1410. The fraction of sp³-hybridized carbons (Fsp3) is 0. The molecule has 0 radical (unpaired) electrons. The van der Waals surface area contributed by atoms with Crippen LogP contribution in [0.3, 0.4) is 0 Å². The highest BCUT2D eigenvalue weighted by molar-refractivity contribution is 5.91. The van der Waals surface area contributed by atoms with Crippen LogP contribution >= 0.6 is 0 Å². The summed E-state index contributed by atoms with van der Waals surface area (Å²) in [4.78, 5) is 2.13. The molecule has 0 amide bonds. The lowest BCUT2D eigenvalue weighted by Crippen LogP contribution is -2.17. The molecule has 2 heterocycles. The smallest absolute Gasteiger partial charge is 0.151 e. The molecule has 5 aromatic rings. The van der Waals surface area contributed by atoms with Gasteiger partial charge in [-0.25, -0.2) is 0 Å². The van der Waals surface area contributed by atoms with E-state index in [9.17, 15) is 0 Å². The lowest BCUT2D eigenvalue weighted by molar-refractivity contribution is 0.477. The van der Waals surface area contributed by atoms with E-state index in [0.717, 1.165) is 45.7 Å². The van der Waals surface area contributed by atoms with Crippen molar-refractivity contribution in [3.63, 3.8) is 0 Å². The van der Waals surface area contributed by atoms with Crippen molar-refractivity contribution in [2.45, 2.75) is 0 Å². The van der Waals surface area contributed by atoms with Crippen LogP contribution in [0.1, 0.15) is 0 Å². The first kappa shape index (κ1) is 19.8. The summed E-state index contributed by atoms with van der Waals surface area (Å²) in [5.41, 5.74) is 4.28. The summed E-state index contributed by atoms with van der Waals surface area (Å²) in [6, 6.07) is 33.4. The maximum absolute atomic E-state index is 6.15. The molecule has 0 aliphatic carbocycles. The van der Waals surface area contributed by atoms with Gasteiger partial charge in [-0.3, -0.25) is 4.90 Å². The highest BCUT2D eigenvalue weighted by Crippen LogP contribution is 2.51. The molecule has 1 aromatic heterocycles. The van der Waals surface area contributed by atoms with E-state index in [0.29, 0.717) is 5.75 Å². The zero-order chi connectivity index (χ0) is 22.7. The number of hydrogen-bond donors (Lipinski definition) is 1. The van der Waals surface area contributed by atoms with Gasteiger partial charge in [0.15, 0.2) is 17.2 Å². The molecule has 0 spiro atoms. The number of rotatable bonds is 5. The minimum absolute atomic E-state index is 0.708. The second-order valence-electron chi connectivity index (χ2n) is 7.70. The maximum atomic E-state index is 6.15. The lowest BCUT2D eigenvalue weighted by atomic mass is 10.1. The average Bonchev–Trinajstić information content (AvgIpc) is 2.89. The topological polar surface area (TPSA) is 59.5 Å². The summed E-state index contributed by atoms with van der Waals surface area (Å²) in [7, 11) is 0. The van der Waals surface area contributed by atoms with Crippen LogP contribution in [0.25, 0.3) is 0 Å². The molecule has 1 N–H and O–H groups in total. The highest BCUT2D eigenvalue weighted by Gasteiger charge is 2.27. The minimum atomic E-state index is 0.708. The standard InChI is InChI=1S/C28H20N4O2/c1-2-10-20(11-3-1)33-26-15-7-4-12-21(26)31-22-18-29-30-19-25(22)32-23-13-5-8-16-27(23)34-28-17-9-6-14-24(28)32/h1-19H,(H,30,31). The largest absolute Gasteiger partial charge is 0.455 e. The fourth-order valence-electron chi connectivity index (χ4n) is 3.97. The summed E-state index contributed by atoms with van der Waals surface area (Å²) in [5, 5.41) is 11.9. The molecule has 6 nitrogen and oxygen atoms in total. The molecule has 0 fully saturated rings. The number of ether oxygens (including phenoxy) is 2. The Labute approximate surface area is 197 Å². The van der Waals surface area contributed by atoms with E-state index in [1.807, 2.05) is 103 Å². The van der Waals surface area contributed by atoms with E-state index >= 15 is 0 Å². The number of fused-ring (bicyclic) bond motifs is 2. The van der Waals surface area contributed by atoms with E-state index in [2.05, 4.69) is 20.4 Å². The van der Waals surface area contributed by atoms with Gasteiger partial charge in [0, 0.05) is 0 Å². The van der Waals surface area contributed by atoms with Crippen LogP contribution in [0, 0.1) is 0 Å². The fourth-order valence-corrected chi connectivity index (χ4v) is 3.97. The van der Waals surface area contributed by atoms with Gasteiger partial charge >= 0.3 is 0 Å². The third kappa shape index (κ3) is 3.67. The van der Waals surface area contributed by atoms with Gasteiger partial charge in [0.2, 0.25) is 0 Å². The van der Waals surface area contributed by atoms with Crippen molar-refractivity contribution < 1.29 is 9.47 Å². The summed E-state index contributed by atoms with van der Waals surface area (Å²) < 4.78 is 12.3. The average molecular weight is 444 g/mol. The van der Waals surface area contributed by atoms with Gasteiger partial charge in [-0.05, 0) is 48.5 Å². The highest BCUT2D eigenvalue weighted by atomic mass is 16.5. The lowest BCUT2D eigenvalue weighted by Gasteiger charge is -2.33. The molecule has 1 aliphatic heterocycles. The van der Waals surface area contributed by atoms with Crippen molar-refractivity contribution in [2.24, 2.45) is 0 Å². The van der Waals surface area contributed by atoms with Crippen molar-refractivity contribution in [1.82, 2.24) is 10.2 Å². The normalized spacial score (nSPS) is 11.7. The summed E-state index contributed by atoms with van der Waals surface area (Å²) >= 11 is 0. The molecule has 1 aliphatic rings. The van der Waals surface area contributed by atoms with E-state index in [4.69, 9.17) is 9.47 Å². The second-order valence-corrected chi connectivity index (χ2v) is 7.70. The molecule has 164 valence electrons. The number of hydrogen-bond acceptors (Lipinski definition) is 6. The molecule has 0 bridgehead atoms. The molecule has 0 saturated heterocycles. The van der Waals surface area contributed by atoms with Crippen LogP contribution in [0.2, 0.25) is 0 Å². The Morgan fingerprint density at radius 3 is 1.97 bits per heavy atom. The van der Waals surface area contributed by atoms with E-state index in [1.54, 1.807) is 12.4 Å².